The minimum absolute atomic E-state index is 0.445. The lowest BCUT2D eigenvalue weighted by molar-refractivity contribution is 0.296. The molecule has 3 rings (SSSR count). The fourth-order valence-electron chi connectivity index (χ4n) is 2.44. The molecule has 2 aromatic heterocycles. The summed E-state index contributed by atoms with van der Waals surface area (Å²) in [6, 6.07) is 3.74. The Hall–Kier alpha value is -1.55. The minimum Gasteiger partial charge on any atom is -0.486 e. The van der Waals surface area contributed by atoms with Crippen molar-refractivity contribution in [3.8, 4) is 5.75 Å². The summed E-state index contributed by atoms with van der Waals surface area (Å²) in [5, 5.41) is 0.576. The van der Waals surface area contributed by atoms with Crippen LogP contribution in [0.15, 0.2) is 24.5 Å². The fourth-order valence-corrected chi connectivity index (χ4v) is 2.73. The zero-order chi connectivity index (χ0) is 13.2. The van der Waals surface area contributed by atoms with Gasteiger partial charge in [0.05, 0.1) is 6.20 Å². The summed E-state index contributed by atoms with van der Waals surface area (Å²) in [6.07, 6.45) is 5.61. The molecule has 0 N–H and O–H groups in total. The molecule has 4 nitrogen and oxygen atoms in total. The van der Waals surface area contributed by atoms with Gasteiger partial charge >= 0.3 is 0 Å². The molecule has 5 heteroatoms. The van der Waals surface area contributed by atoms with Gasteiger partial charge in [-0.15, -0.1) is 0 Å². The van der Waals surface area contributed by atoms with Gasteiger partial charge in [0.1, 0.15) is 18.1 Å². The molecule has 0 aromatic carbocycles. The highest BCUT2D eigenvalue weighted by atomic mass is 35.5. The maximum absolute atomic E-state index is 6.18. The van der Waals surface area contributed by atoms with Crippen LogP contribution in [0.4, 0.5) is 0 Å². The summed E-state index contributed by atoms with van der Waals surface area (Å²) < 4.78 is 7.81. The molecule has 0 bridgehead atoms. The van der Waals surface area contributed by atoms with Crippen LogP contribution in [0.5, 0.6) is 5.75 Å². The molecule has 1 aliphatic heterocycles. The van der Waals surface area contributed by atoms with Crippen molar-refractivity contribution in [2.45, 2.75) is 32.9 Å². The molecule has 1 atom stereocenters. The summed E-state index contributed by atoms with van der Waals surface area (Å²) >= 11 is 6.18. The van der Waals surface area contributed by atoms with Crippen LogP contribution < -0.4 is 4.74 Å². The van der Waals surface area contributed by atoms with Gasteiger partial charge in [-0.2, -0.15) is 0 Å². The van der Waals surface area contributed by atoms with Gasteiger partial charge in [-0.1, -0.05) is 6.92 Å². The van der Waals surface area contributed by atoms with Crippen molar-refractivity contribution in [1.82, 2.24) is 14.5 Å². The zero-order valence-corrected chi connectivity index (χ0v) is 11.6. The van der Waals surface area contributed by atoms with Gasteiger partial charge < -0.3 is 9.30 Å². The smallest absolute Gasteiger partial charge is 0.203 e. The van der Waals surface area contributed by atoms with Crippen LogP contribution in [0.3, 0.4) is 0 Å². The number of aromatic nitrogens is 3. The third kappa shape index (κ3) is 2.59. The van der Waals surface area contributed by atoms with E-state index in [1.807, 2.05) is 12.1 Å². The Labute approximate surface area is 117 Å². The van der Waals surface area contributed by atoms with Crippen molar-refractivity contribution in [3.63, 3.8) is 0 Å². The van der Waals surface area contributed by atoms with Crippen LogP contribution in [-0.4, -0.2) is 14.5 Å². The normalized spacial score (nSPS) is 18.1. The molecule has 1 unspecified atom stereocenters. The number of nitrogens with zero attached hydrogens (tertiary/aromatic N) is 3. The molecule has 0 amide bonds. The predicted octanol–water partition coefficient (Wildman–Crippen LogP) is 3.09. The standard InChI is InChI=1S/C14H16ClN3O/c1-10-4-6-18-13(7-10)12(17-14(18)15)9-19-11-3-2-5-16-8-11/h2-3,5,8,10H,4,6-7,9H2,1H3. The first-order chi connectivity index (χ1) is 9.24. The molecule has 3 heterocycles. The number of halogens is 1. The van der Waals surface area contributed by atoms with E-state index in [0.717, 1.165) is 30.8 Å². The second kappa shape index (κ2) is 5.21. The second-order valence-electron chi connectivity index (χ2n) is 5.00. The molecular formula is C14H16ClN3O. The van der Waals surface area contributed by atoms with Gasteiger partial charge in [0, 0.05) is 18.4 Å². The van der Waals surface area contributed by atoms with Gasteiger partial charge in [0.2, 0.25) is 5.28 Å². The van der Waals surface area contributed by atoms with E-state index >= 15 is 0 Å². The summed E-state index contributed by atoms with van der Waals surface area (Å²) in [4.78, 5) is 8.45. The van der Waals surface area contributed by atoms with E-state index in [9.17, 15) is 0 Å². The Balaban J connectivity index is 1.78. The van der Waals surface area contributed by atoms with Gasteiger partial charge in [-0.3, -0.25) is 4.98 Å². The second-order valence-corrected chi connectivity index (χ2v) is 5.34. The van der Waals surface area contributed by atoms with E-state index in [0.29, 0.717) is 17.8 Å². The third-order valence-corrected chi connectivity index (χ3v) is 3.79. The summed E-state index contributed by atoms with van der Waals surface area (Å²) in [6.45, 7) is 3.66. The van der Waals surface area contributed by atoms with Crippen molar-refractivity contribution in [2.75, 3.05) is 0 Å². The minimum atomic E-state index is 0.445. The monoisotopic (exact) mass is 277 g/mol. The SMILES string of the molecule is CC1CCn2c(Cl)nc(COc3cccnc3)c2C1. The molecule has 0 saturated carbocycles. The Bertz CT molecular complexity index is 568. The highest BCUT2D eigenvalue weighted by Crippen LogP contribution is 2.27. The van der Waals surface area contributed by atoms with Crippen molar-refractivity contribution < 1.29 is 4.74 Å². The Morgan fingerprint density at radius 2 is 2.42 bits per heavy atom. The fraction of sp³-hybridized carbons (Fsp3) is 0.429. The summed E-state index contributed by atoms with van der Waals surface area (Å²) in [5.74, 6) is 1.43. The van der Waals surface area contributed by atoms with Crippen LogP contribution in [0, 0.1) is 5.92 Å². The lowest BCUT2D eigenvalue weighted by atomic mass is 9.97. The van der Waals surface area contributed by atoms with Crippen LogP contribution in [-0.2, 0) is 19.6 Å². The first-order valence-corrected chi connectivity index (χ1v) is 6.88. The van der Waals surface area contributed by atoms with E-state index < -0.39 is 0 Å². The average molecular weight is 278 g/mol. The lowest BCUT2D eigenvalue weighted by Gasteiger charge is -2.21. The predicted molar refractivity (Wildman–Crippen MR) is 73.3 cm³/mol. The first kappa shape index (κ1) is 12.5. The van der Waals surface area contributed by atoms with Gasteiger partial charge in [-0.25, -0.2) is 4.98 Å². The molecule has 0 spiro atoms. The molecule has 0 aliphatic carbocycles. The van der Waals surface area contributed by atoms with Crippen molar-refractivity contribution in [3.05, 3.63) is 41.2 Å². The van der Waals surface area contributed by atoms with Crippen molar-refractivity contribution in [2.24, 2.45) is 5.92 Å². The topological polar surface area (TPSA) is 39.9 Å². The van der Waals surface area contributed by atoms with E-state index in [2.05, 4.69) is 21.5 Å². The number of fused-ring (bicyclic) bond motifs is 1. The van der Waals surface area contributed by atoms with Crippen LogP contribution in [0.2, 0.25) is 5.28 Å². The van der Waals surface area contributed by atoms with Crippen LogP contribution in [0.25, 0.3) is 0 Å². The van der Waals surface area contributed by atoms with Crippen LogP contribution in [0.1, 0.15) is 24.7 Å². The number of imidazole rings is 1. The molecule has 0 radical (unpaired) electrons. The molecule has 0 fully saturated rings. The Kier molecular flexibility index (Phi) is 3.42. The maximum atomic E-state index is 6.18. The van der Waals surface area contributed by atoms with E-state index in [4.69, 9.17) is 16.3 Å². The first-order valence-electron chi connectivity index (χ1n) is 6.50. The third-order valence-electron chi connectivity index (χ3n) is 3.51. The van der Waals surface area contributed by atoms with Gasteiger partial charge in [0.25, 0.3) is 0 Å². The molecule has 19 heavy (non-hydrogen) atoms. The number of pyridine rings is 1. The molecule has 100 valence electrons. The summed E-state index contributed by atoms with van der Waals surface area (Å²) in [5.41, 5.74) is 2.16. The quantitative estimate of drug-likeness (QED) is 0.865. The van der Waals surface area contributed by atoms with Crippen molar-refractivity contribution >= 4 is 11.6 Å². The average Bonchev–Trinajstić information content (AvgIpc) is 2.74. The van der Waals surface area contributed by atoms with E-state index in [-0.39, 0.29) is 0 Å². The van der Waals surface area contributed by atoms with E-state index in [1.54, 1.807) is 12.4 Å². The lowest BCUT2D eigenvalue weighted by Crippen LogP contribution is -2.18. The molecule has 2 aromatic rings. The van der Waals surface area contributed by atoms with E-state index in [1.165, 1.54) is 5.69 Å². The summed E-state index contributed by atoms with van der Waals surface area (Å²) in [7, 11) is 0. The largest absolute Gasteiger partial charge is 0.486 e. The molecular weight excluding hydrogens is 262 g/mol. The molecule has 1 aliphatic rings. The zero-order valence-electron chi connectivity index (χ0n) is 10.8. The number of hydrogen-bond donors (Lipinski definition) is 0. The van der Waals surface area contributed by atoms with Crippen LogP contribution >= 0.6 is 11.6 Å². The Morgan fingerprint density at radius 1 is 1.53 bits per heavy atom. The van der Waals surface area contributed by atoms with Gasteiger partial charge in [-0.05, 0) is 42.5 Å². The number of rotatable bonds is 3. The number of ether oxygens (including phenoxy) is 1. The van der Waals surface area contributed by atoms with Crippen molar-refractivity contribution in [1.29, 1.82) is 0 Å². The maximum Gasteiger partial charge on any atom is 0.203 e. The van der Waals surface area contributed by atoms with Gasteiger partial charge in [0.15, 0.2) is 0 Å². The Morgan fingerprint density at radius 3 is 3.21 bits per heavy atom. The molecule has 0 saturated heterocycles. The number of hydrogen-bond acceptors (Lipinski definition) is 3. The highest BCUT2D eigenvalue weighted by Gasteiger charge is 2.22. The highest BCUT2D eigenvalue weighted by molar-refractivity contribution is 6.28.